The lowest BCUT2D eigenvalue weighted by molar-refractivity contribution is 0.0691. The van der Waals surface area contributed by atoms with Gasteiger partial charge in [0.1, 0.15) is 11.4 Å². The van der Waals surface area contributed by atoms with Gasteiger partial charge in [-0.1, -0.05) is 24.9 Å². The number of carboxylic acids is 1. The van der Waals surface area contributed by atoms with Crippen LogP contribution in [0, 0.1) is 5.82 Å². The zero-order chi connectivity index (χ0) is 12.1. The van der Waals surface area contributed by atoms with Crippen molar-refractivity contribution in [1.29, 1.82) is 0 Å². The molecule has 0 fully saturated rings. The van der Waals surface area contributed by atoms with E-state index in [0.717, 1.165) is 25.0 Å². The second-order valence-corrected chi connectivity index (χ2v) is 3.68. The summed E-state index contributed by atoms with van der Waals surface area (Å²) >= 11 is 5.73. The maximum Gasteiger partial charge on any atom is 0.339 e. The highest BCUT2D eigenvalue weighted by atomic mass is 35.5. The van der Waals surface area contributed by atoms with Gasteiger partial charge in [-0.25, -0.2) is 9.18 Å². The van der Waals surface area contributed by atoms with E-state index in [1.807, 2.05) is 6.92 Å². The minimum absolute atomic E-state index is 0.0199. The van der Waals surface area contributed by atoms with Crippen LogP contribution in [0.25, 0.3) is 0 Å². The van der Waals surface area contributed by atoms with Crippen LogP contribution >= 0.6 is 11.6 Å². The molecule has 0 unspecified atom stereocenters. The van der Waals surface area contributed by atoms with Crippen LogP contribution in [-0.4, -0.2) is 17.7 Å². The van der Waals surface area contributed by atoms with E-state index >= 15 is 0 Å². The molecule has 0 aliphatic carbocycles. The molecule has 1 N–H and O–H groups in total. The van der Waals surface area contributed by atoms with Crippen LogP contribution < -0.4 is 4.74 Å². The number of aromatic carboxylic acids is 1. The molecule has 0 radical (unpaired) electrons. The molecule has 0 bridgehead atoms. The number of ether oxygens (including phenoxy) is 1. The van der Waals surface area contributed by atoms with Crippen molar-refractivity contribution in [3.8, 4) is 5.75 Å². The monoisotopic (exact) mass is 246 g/mol. The third-order valence-corrected chi connectivity index (χ3v) is 2.26. The summed E-state index contributed by atoms with van der Waals surface area (Å²) in [5.41, 5.74) is -0.249. The summed E-state index contributed by atoms with van der Waals surface area (Å²) in [5, 5.41) is 8.85. The molecule has 5 heteroatoms. The van der Waals surface area contributed by atoms with Gasteiger partial charge in [-0.05, 0) is 18.6 Å². The molecule has 88 valence electrons. The maximum absolute atomic E-state index is 13.0. The van der Waals surface area contributed by atoms with E-state index in [1.54, 1.807) is 0 Å². The lowest BCUT2D eigenvalue weighted by atomic mass is 10.2. The average molecular weight is 247 g/mol. The Morgan fingerprint density at radius 1 is 1.56 bits per heavy atom. The van der Waals surface area contributed by atoms with Crippen molar-refractivity contribution < 1.29 is 19.0 Å². The second kappa shape index (κ2) is 5.70. The lowest BCUT2D eigenvalue weighted by Crippen LogP contribution is -2.05. The average Bonchev–Trinajstić information content (AvgIpc) is 2.20. The first-order chi connectivity index (χ1) is 7.56. The summed E-state index contributed by atoms with van der Waals surface area (Å²) in [4.78, 5) is 10.9. The zero-order valence-electron chi connectivity index (χ0n) is 8.80. The molecule has 1 rings (SSSR count). The van der Waals surface area contributed by atoms with Gasteiger partial charge in [0, 0.05) is 0 Å². The smallest absolute Gasteiger partial charge is 0.339 e. The number of rotatable bonds is 5. The highest BCUT2D eigenvalue weighted by molar-refractivity contribution is 6.32. The van der Waals surface area contributed by atoms with Crippen LogP contribution in [0.1, 0.15) is 30.1 Å². The summed E-state index contributed by atoms with van der Waals surface area (Å²) in [6, 6.07) is 1.94. The third-order valence-electron chi connectivity index (χ3n) is 1.98. The minimum atomic E-state index is -1.26. The molecule has 16 heavy (non-hydrogen) atoms. The SMILES string of the molecule is CCCCOc1c(Cl)cc(F)cc1C(=O)O. The molecule has 0 aliphatic rings. The summed E-state index contributed by atoms with van der Waals surface area (Å²) in [7, 11) is 0. The first-order valence-electron chi connectivity index (χ1n) is 4.91. The van der Waals surface area contributed by atoms with E-state index in [-0.39, 0.29) is 16.3 Å². The van der Waals surface area contributed by atoms with Crippen LogP contribution in [0.2, 0.25) is 5.02 Å². The molecule has 0 spiro atoms. The molecule has 3 nitrogen and oxygen atoms in total. The Kier molecular flexibility index (Phi) is 4.55. The van der Waals surface area contributed by atoms with Crippen molar-refractivity contribution in [3.63, 3.8) is 0 Å². The summed E-state index contributed by atoms with van der Waals surface area (Å²) in [6.45, 7) is 2.34. The third kappa shape index (κ3) is 3.10. The number of benzene rings is 1. The van der Waals surface area contributed by atoms with Gasteiger partial charge in [-0.15, -0.1) is 0 Å². The van der Waals surface area contributed by atoms with E-state index < -0.39 is 11.8 Å². The van der Waals surface area contributed by atoms with E-state index in [1.165, 1.54) is 0 Å². The number of hydrogen-bond acceptors (Lipinski definition) is 2. The normalized spacial score (nSPS) is 10.2. The van der Waals surface area contributed by atoms with Gasteiger partial charge >= 0.3 is 5.97 Å². The fourth-order valence-electron chi connectivity index (χ4n) is 1.18. The summed E-state index contributed by atoms with van der Waals surface area (Å²) in [6.07, 6.45) is 1.70. The molecule has 0 heterocycles. The Morgan fingerprint density at radius 3 is 2.81 bits per heavy atom. The van der Waals surface area contributed by atoms with E-state index in [2.05, 4.69) is 0 Å². The molecule has 1 aromatic carbocycles. The van der Waals surface area contributed by atoms with Crippen molar-refractivity contribution in [2.24, 2.45) is 0 Å². The lowest BCUT2D eigenvalue weighted by Gasteiger charge is -2.10. The number of unbranched alkanes of at least 4 members (excludes halogenated alkanes) is 1. The van der Waals surface area contributed by atoms with Gasteiger partial charge in [0.15, 0.2) is 5.75 Å². The minimum Gasteiger partial charge on any atom is -0.491 e. The van der Waals surface area contributed by atoms with E-state index in [9.17, 15) is 9.18 Å². The van der Waals surface area contributed by atoms with E-state index in [4.69, 9.17) is 21.4 Å². The van der Waals surface area contributed by atoms with Crippen LogP contribution in [0.5, 0.6) is 5.75 Å². The molecule has 0 atom stereocenters. The van der Waals surface area contributed by atoms with Crippen molar-refractivity contribution in [2.75, 3.05) is 6.61 Å². The van der Waals surface area contributed by atoms with Gasteiger partial charge < -0.3 is 9.84 Å². The fourth-order valence-corrected chi connectivity index (χ4v) is 1.45. The highest BCUT2D eigenvalue weighted by Gasteiger charge is 2.16. The number of carboxylic acid groups (broad SMARTS) is 1. The van der Waals surface area contributed by atoms with Crippen molar-refractivity contribution >= 4 is 17.6 Å². The van der Waals surface area contributed by atoms with Crippen LogP contribution in [0.4, 0.5) is 4.39 Å². The zero-order valence-corrected chi connectivity index (χ0v) is 9.55. The van der Waals surface area contributed by atoms with Gasteiger partial charge in [0.25, 0.3) is 0 Å². The molecular formula is C11H12ClFO3. The summed E-state index contributed by atoms with van der Waals surface area (Å²) in [5.74, 6) is -1.91. The Bertz CT molecular complexity index is 393. The van der Waals surface area contributed by atoms with Gasteiger partial charge in [0.05, 0.1) is 11.6 Å². The quantitative estimate of drug-likeness (QED) is 0.811. The number of halogens is 2. The van der Waals surface area contributed by atoms with Crippen molar-refractivity contribution in [3.05, 3.63) is 28.5 Å². The molecule has 1 aromatic rings. The van der Waals surface area contributed by atoms with E-state index in [0.29, 0.717) is 6.61 Å². The molecule has 0 amide bonds. The summed E-state index contributed by atoms with van der Waals surface area (Å²) < 4.78 is 18.2. The number of hydrogen-bond donors (Lipinski definition) is 1. The standard InChI is InChI=1S/C11H12ClFO3/c1-2-3-4-16-10-8(11(14)15)5-7(13)6-9(10)12/h5-6H,2-4H2,1H3,(H,14,15). The Balaban J connectivity index is 2.99. The topological polar surface area (TPSA) is 46.5 Å². The molecule has 0 saturated carbocycles. The van der Waals surface area contributed by atoms with Gasteiger partial charge in [-0.3, -0.25) is 0 Å². The highest BCUT2D eigenvalue weighted by Crippen LogP contribution is 2.30. The second-order valence-electron chi connectivity index (χ2n) is 3.27. The molecule has 0 saturated heterocycles. The maximum atomic E-state index is 13.0. The first kappa shape index (κ1) is 12.8. The molecule has 0 aromatic heterocycles. The Labute approximate surface area is 97.8 Å². The predicted molar refractivity (Wildman–Crippen MR) is 58.8 cm³/mol. The van der Waals surface area contributed by atoms with Gasteiger partial charge in [0.2, 0.25) is 0 Å². The fraction of sp³-hybridized carbons (Fsp3) is 0.364. The largest absolute Gasteiger partial charge is 0.491 e. The number of carbonyl (C=O) groups is 1. The predicted octanol–water partition coefficient (Wildman–Crippen LogP) is 3.36. The Hall–Kier alpha value is -1.29. The molecule has 0 aliphatic heterocycles. The molecular weight excluding hydrogens is 235 g/mol. The van der Waals surface area contributed by atoms with Crippen LogP contribution in [0.15, 0.2) is 12.1 Å². The van der Waals surface area contributed by atoms with Crippen LogP contribution in [0.3, 0.4) is 0 Å². The van der Waals surface area contributed by atoms with Crippen LogP contribution in [-0.2, 0) is 0 Å². The van der Waals surface area contributed by atoms with Crippen molar-refractivity contribution in [1.82, 2.24) is 0 Å². The van der Waals surface area contributed by atoms with Gasteiger partial charge in [-0.2, -0.15) is 0 Å². The first-order valence-corrected chi connectivity index (χ1v) is 5.29. The Morgan fingerprint density at radius 2 is 2.25 bits per heavy atom. The van der Waals surface area contributed by atoms with Crippen molar-refractivity contribution in [2.45, 2.75) is 19.8 Å².